The smallest absolute Gasteiger partial charge is 0.407 e. The molecule has 7 heteroatoms. The van der Waals surface area contributed by atoms with E-state index < -0.39 is 12.1 Å². The second kappa shape index (κ2) is 9.53. The number of aromatic hydroxyl groups is 1. The van der Waals surface area contributed by atoms with Gasteiger partial charge in [0.15, 0.2) is 11.5 Å². The third-order valence-corrected chi connectivity index (χ3v) is 3.78. The average molecular weight is 361 g/mol. The molecular formula is C19H23NO6. The summed E-state index contributed by atoms with van der Waals surface area (Å²) in [6.45, 7) is -0.171. The van der Waals surface area contributed by atoms with Gasteiger partial charge < -0.3 is 29.7 Å². The molecule has 2 aromatic carbocycles. The largest absolute Gasteiger partial charge is 0.508 e. The first-order chi connectivity index (χ1) is 12.5. The van der Waals surface area contributed by atoms with E-state index in [0.29, 0.717) is 17.9 Å². The molecule has 0 radical (unpaired) electrons. The summed E-state index contributed by atoms with van der Waals surface area (Å²) in [4.78, 5) is 12.0. The van der Waals surface area contributed by atoms with Crippen molar-refractivity contribution >= 4 is 6.09 Å². The fourth-order valence-corrected chi connectivity index (χ4v) is 2.41. The van der Waals surface area contributed by atoms with Crippen molar-refractivity contribution in [1.82, 2.24) is 5.32 Å². The average Bonchev–Trinajstić information content (AvgIpc) is 2.67. The Morgan fingerprint density at radius 2 is 1.69 bits per heavy atom. The molecule has 7 nitrogen and oxygen atoms in total. The van der Waals surface area contributed by atoms with Crippen molar-refractivity contribution in [2.45, 2.75) is 19.1 Å². The normalized spacial score (nSPS) is 11.5. The van der Waals surface area contributed by atoms with Gasteiger partial charge in [0, 0.05) is 0 Å². The van der Waals surface area contributed by atoms with Gasteiger partial charge in [-0.2, -0.15) is 0 Å². The molecule has 0 bridgehead atoms. The zero-order chi connectivity index (χ0) is 18.9. The van der Waals surface area contributed by atoms with Gasteiger partial charge in [-0.3, -0.25) is 0 Å². The number of aliphatic hydroxyl groups excluding tert-OH is 1. The molecule has 26 heavy (non-hydrogen) atoms. The highest BCUT2D eigenvalue weighted by Crippen LogP contribution is 2.27. The maximum Gasteiger partial charge on any atom is 0.407 e. The zero-order valence-corrected chi connectivity index (χ0v) is 14.8. The highest BCUT2D eigenvalue weighted by molar-refractivity contribution is 5.67. The Balaban J connectivity index is 1.87. The van der Waals surface area contributed by atoms with E-state index in [4.69, 9.17) is 14.2 Å². The van der Waals surface area contributed by atoms with Crippen LogP contribution < -0.4 is 14.8 Å². The minimum Gasteiger partial charge on any atom is -0.508 e. The SMILES string of the molecule is COc1ccc(COC(=O)NC(CO)Cc2ccc(O)cc2)cc1OC. The molecule has 0 aliphatic rings. The molecule has 0 aliphatic carbocycles. The number of rotatable bonds is 8. The van der Waals surface area contributed by atoms with Crippen molar-refractivity contribution in [3.05, 3.63) is 53.6 Å². The van der Waals surface area contributed by atoms with Crippen LogP contribution in [0.3, 0.4) is 0 Å². The molecule has 0 saturated carbocycles. The molecule has 0 aromatic heterocycles. The Hall–Kier alpha value is -2.93. The quantitative estimate of drug-likeness (QED) is 0.667. The molecule has 1 atom stereocenters. The van der Waals surface area contributed by atoms with Gasteiger partial charge in [-0.05, 0) is 41.8 Å². The van der Waals surface area contributed by atoms with Crippen LogP contribution >= 0.6 is 0 Å². The van der Waals surface area contributed by atoms with Crippen molar-refractivity contribution < 1.29 is 29.2 Å². The Bertz CT molecular complexity index is 716. The van der Waals surface area contributed by atoms with Crippen LogP contribution in [0.4, 0.5) is 4.79 Å². The monoisotopic (exact) mass is 361 g/mol. The number of nitrogens with one attached hydrogen (secondary N) is 1. The van der Waals surface area contributed by atoms with Crippen LogP contribution in [0.5, 0.6) is 17.2 Å². The Kier molecular flexibility index (Phi) is 7.11. The number of ether oxygens (including phenoxy) is 3. The lowest BCUT2D eigenvalue weighted by Crippen LogP contribution is -2.39. The first-order valence-electron chi connectivity index (χ1n) is 8.08. The van der Waals surface area contributed by atoms with Gasteiger partial charge in [-0.15, -0.1) is 0 Å². The summed E-state index contributed by atoms with van der Waals surface area (Å²) in [5, 5.41) is 21.4. The summed E-state index contributed by atoms with van der Waals surface area (Å²) < 4.78 is 15.6. The maximum absolute atomic E-state index is 12.0. The standard InChI is InChI=1S/C19H23NO6/c1-24-17-8-5-14(10-18(17)25-2)12-26-19(23)20-15(11-21)9-13-3-6-16(22)7-4-13/h3-8,10,15,21-22H,9,11-12H2,1-2H3,(H,20,23). The highest BCUT2D eigenvalue weighted by Gasteiger charge is 2.14. The van der Waals surface area contributed by atoms with E-state index in [0.717, 1.165) is 11.1 Å². The van der Waals surface area contributed by atoms with Crippen molar-refractivity contribution in [3.8, 4) is 17.2 Å². The number of hydrogen-bond acceptors (Lipinski definition) is 6. The van der Waals surface area contributed by atoms with Gasteiger partial charge in [0.2, 0.25) is 0 Å². The van der Waals surface area contributed by atoms with Gasteiger partial charge in [0.25, 0.3) is 0 Å². The van der Waals surface area contributed by atoms with E-state index in [2.05, 4.69) is 5.32 Å². The minimum absolute atomic E-state index is 0.0591. The summed E-state index contributed by atoms with van der Waals surface area (Å²) >= 11 is 0. The number of carbonyl (C=O) groups is 1. The number of amides is 1. The molecule has 0 spiro atoms. The lowest BCUT2D eigenvalue weighted by molar-refractivity contribution is 0.129. The molecule has 2 rings (SSSR count). The lowest BCUT2D eigenvalue weighted by Gasteiger charge is -2.16. The number of methoxy groups -OCH3 is 2. The molecule has 140 valence electrons. The van der Waals surface area contributed by atoms with E-state index in [1.807, 2.05) is 0 Å². The number of hydrogen-bond donors (Lipinski definition) is 3. The second-order valence-corrected chi connectivity index (χ2v) is 5.66. The zero-order valence-electron chi connectivity index (χ0n) is 14.8. The first-order valence-corrected chi connectivity index (χ1v) is 8.08. The fourth-order valence-electron chi connectivity index (χ4n) is 2.41. The van der Waals surface area contributed by atoms with Crippen LogP contribution in [0.2, 0.25) is 0 Å². The van der Waals surface area contributed by atoms with Crippen LogP contribution in [0, 0.1) is 0 Å². The Labute approximate surface area is 152 Å². The van der Waals surface area contributed by atoms with Gasteiger partial charge in [-0.1, -0.05) is 18.2 Å². The van der Waals surface area contributed by atoms with E-state index in [-0.39, 0.29) is 19.0 Å². The minimum atomic E-state index is -0.627. The second-order valence-electron chi connectivity index (χ2n) is 5.66. The number of aliphatic hydroxyl groups is 1. The summed E-state index contributed by atoms with van der Waals surface area (Å²) in [5.74, 6) is 1.31. The first kappa shape index (κ1) is 19.4. The summed E-state index contributed by atoms with van der Waals surface area (Å²) in [5.41, 5.74) is 1.62. The van der Waals surface area contributed by atoms with E-state index in [9.17, 15) is 15.0 Å². The maximum atomic E-state index is 12.0. The third kappa shape index (κ3) is 5.56. The Morgan fingerprint density at radius 1 is 1.04 bits per heavy atom. The van der Waals surface area contributed by atoms with Gasteiger partial charge >= 0.3 is 6.09 Å². The predicted molar refractivity (Wildman–Crippen MR) is 95.6 cm³/mol. The number of benzene rings is 2. The molecule has 0 fully saturated rings. The van der Waals surface area contributed by atoms with Gasteiger partial charge in [-0.25, -0.2) is 4.79 Å². The number of carbonyl (C=O) groups excluding carboxylic acids is 1. The molecule has 1 amide bonds. The summed E-state index contributed by atoms with van der Waals surface area (Å²) in [7, 11) is 3.08. The van der Waals surface area contributed by atoms with Crippen LogP contribution in [0.15, 0.2) is 42.5 Å². The molecule has 0 heterocycles. The number of phenols is 1. The van der Waals surface area contributed by atoms with Crippen molar-refractivity contribution in [2.24, 2.45) is 0 Å². The van der Waals surface area contributed by atoms with Crippen molar-refractivity contribution in [1.29, 1.82) is 0 Å². The molecular weight excluding hydrogens is 338 g/mol. The Morgan fingerprint density at radius 3 is 2.31 bits per heavy atom. The molecule has 1 unspecified atom stereocenters. The fraction of sp³-hybridized carbons (Fsp3) is 0.316. The number of phenolic OH excluding ortho intramolecular Hbond substituents is 1. The van der Waals surface area contributed by atoms with Crippen LogP contribution in [-0.4, -0.2) is 43.2 Å². The van der Waals surface area contributed by atoms with Crippen LogP contribution in [-0.2, 0) is 17.8 Å². The molecule has 0 saturated heterocycles. The van der Waals surface area contributed by atoms with Crippen LogP contribution in [0.25, 0.3) is 0 Å². The van der Waals surface area contributed by atoms with E-state index in [1.54, 1.807) is 49.6 Å². The predicted octanol–water partition coefficient (Wildman–Crippen LogP) is 2.24. The van der Waals surface area contributed by atoms with E-state index in [1.165, 1.54) is 7.11 Å². The van der Waals surface area contributed by atoms with E-state index >= 15 is 0 Å². The summed E-state index contributed by atoms with van der Waals surface area (Å²) in [6.07, 6.45) is -0.208. The molecule has 2 aromatic rings. The lowest BCUT2D eigenvalue weighted by atomic mass is 10.1. The summed E-state index contributed by atoms with van der Waals surface area (Å²) in [6, 6.07) is 11.3. The van der Waals surface area contributed by atoms with Gasteiger partial charge in [0.1, 0.15) is 12.4 Å². The molecule has 0 aliphatic heterocycles. The van der Waals surface area contributed by atoms with Gasteiger partial charge in [0.05, 0.1) is 26.9 Å². The van der Waals surface area contributed by atoms with Crippen LogP contribution in [0.1, 0.15) is 11.1 Å². The highest BCUT2D eigenvalue weighted by atomic mass is 16.5. The third-order valence-electron chi connectivity index (χ3n) is 3.78. The number of alkyl carbamates (subject to hydrolysis) is 1. The topological polar surface area (TPSA) is 97.3 Å². The van der Waals surface area contributed by atoms with Crippen molar-refractivity contribution in [2.75, 3.05) is 20.8 Å². The van der Waals surface area contributed by atoms with Crippen molar-refractivity contribution in [3.63, 3.8) is 0 Å². The molecule has 3 N–H and O–H groups in total.